The molecule has 0 saturated heterocycles. The van der Waals surface area contributed by atoms with Crippen LogP contribution < -0.4 is 20.8 Å². The fourth-order valence-corrected chi connectivity index (χ4v) is 7.83. The van der Waals surface area contributed by atoms with Crippen LogP contribution in [0.25, 0.3) is 21.7 Å². The average Bonchev–Trinajstić information content (AvgIpc) is 3.72. The Hall–Kier alpha value is -4.17. The van der Waals surface area contributed by atoms with Gasteiger partial charge in [-0.2, -0.15) is 0 Å². The fraction of sp³-hybridized carbons (Fsp3) is 0.378. The zero-order valence-electron chi connectivity index (χ0n) is 29.0. The molecule has 0 spiro atoms. The maximum atomic E-state index is 14.0. The fourth-order valence-electron chi connectivity index (χ4n) is 6.46. The van der Waals surface area contributed by atoms with Crippen LogP contribution in [0, 0.1) is 25.6 Å². The molecule has 3 heterocycles. The lowest BCUT2D eigenvalue weighted by molar-refractivity contribution is -0.221. The van der Waals surface area contributed by atoms with E-state index in [1.54, 1.807) is 17.4 Å². The van der Waals surface area contributed by atoms with E-state index >= 15 is 0 Å². The topological polar surface area (TPSA) is 193 Å². The largest absolute Gasteiger partial charge is 0.756 e. The number of aliphatic hydroxyl groups is 1. The Morgan fingerprint density at radius 3 is 2.71 bits per heavy atom. The summed E-state index contributed by atoms with van der Waals surface area (Å²) < 4.78 is 30.3. The second-order valence-corrected chi connectivity index (χ2v) is 15.2. The molecule has 278 valence electrons. The van der Waals surface area contributed by atoms with Crippen molar-refractivity contribution in [2.75, 3.05) is 25.1 Å². The number of unbranched alkanes of at least 4 members (excludes halogenated alkanes) is 1. The van der Waals surface area contributed by atoms with Crippen LogP contribution in [0.15, 0.2) is 47.8 Å². The molecule has 1 aliphatic heterocycles. The van der Waals surface area contributed by atoms with Crippen molar-refractivity contribution in [3.8, 4) is 0 Å². The molecule has 1 aliphatic rings. The first-order valence-electron chi connectivity index (χ1n) is 17.1. The van der Waals surface area contributed by atoms with E-state index in [0.717, 1.165) is 32.5 Å². The molecular formula is C37H43FN4O8PS-. The Balaban J connectivity index is 1.19. The Bertz CT molecular complexity index is 2000. The molecule has 2 aromatic heterocycles. The summed E-state index contributed by atoms with van der Waals surface area (Å²) in [4.78, 5) is 62.0. The molecule has 0 aliphatic carbocycles. The van der Waals surface area contributed by atoms with Gasteiger partial charge in [0.1, 0.15) is 5.82 Å². The van der Waals surface area contributed by atoms with Crippen molar-refractivity contribution in [2.24, 2.45) is 5.92 Å². The summed E-state index contributed by atoms with van der Waals surface area (Å²) in [6.45, 7) is 3.54. The van der Waals surface area contributed by atoms with Gasteiger partial charge in [-0.05, 0) is 97.3 Å². The number of nitrogens with one attached hydrogen (secondary N) is 4. The van der Waals surface area contributed by atoms with E-state index in [1.165, 1.54) is 18.2 Å². The third-order valence-corrected chi connectivity index (χ3v) is 10.7. The minimum atomic E-state index is -4.86. The Kier molecular flexibility index (Phi) is 13.2. The van der Waals surface area contributed by atoms with Crippen molar-refractivity contribution in [3.63, 3.8) is 0 Å². The van der Waals surface area contributed by atoms with E-state index in [4.69, 9.17) is 4.89 Å². The maximum absolute atomic E-state index is 14.0. The number of hydrogen-bond donors (Lipinski definition) is 6. The van der Waals surface area contributed by atoms with Gasteiger partial charge in [-0.3, -0.25) is 18.9 Å². The summed E-state index contributed by atoms with van der Waals surface area (Å²) in [6.07, 6.45) is 4.41. The standard InChI is InChI=1S/C37H44FN4O8PS/c1-22-28(23(2)40-33(22)18-31-30-16-26(38)10-12-32(30)42-37(31)46)11-13-35(44)41-27(15-25-21-52-34-9-4-3-8-29(25)34)17-36(45)39-14-6-5-7-24(19-43)20-50-51(47,48)49/h3-4,8-10,12,16,18,21,24,27,40,43H,5-7,11,13-15,17,19-20H2,1-2H3,(H,39,45)(H,41,44)(H,42,46)(H2,47,48,49)/p-1/b31-18-/t24?,27-/m0/s1. The lowest BCUT2D eigenvalue weighted by Crippen LogP contribution is -2.40. The van der Waals surface area contributed by atoms with Crippen molar-refractivity contribution in [1.82, 2.24) is 15.6 Å². The molecule has 3 amide bonds. The second kappa shape index (κ2) is 17.6. The third-order valence-electron chi connectivity index (χ3n) is 9.20. The molecule has 0 bridgehead atoms. The number of anilines is 1. The predicted octanol–water partition coefficient (Wildman–Crippen LogP) is 4.90. The number of halogens is 1. The minimum Gasteiger partial charge on any atom is -0.756 e. The van der Waals surface area contributed by atoms with Gasteiger partial charge in [0.25, 0.3) is 13.7 Å². The smallest absolute Gasteiger partial charge is 0.265 e. The highest BCUT2D eigenvalue weighted by molar-refractivity contribution is 7.44. The molecule has 2 unspecified atom stereocenters. The van der Waals surface area contributed by atoms with Crippen LogP contribution in [-0.2, 0) is 36.3 Å². The molecule has 3 atom stereocenters. The van der Waals surface area contributed by atoms with Crippen molar-refractivity contribution >= 4 is 64.3 Å². The first-order chi connectivity index (χ1) is 24.8. The number of carbonyl (C=O) groups excluding carboxylic acids is 3. The highest BCUT2D eigenvalue weighted by Crippen LogP contribution is 2.35. The van der Waals surface area contributed by atoms with Crippen molar-refractivity contribution in [2.45, 2.75) is 64.8 Å². The molecule has 0 radical (unpaired) electrons. The molecule has 15 heteroatoms. The monoisotopic (exact) mass is 753 g/mol. The SMILES string of the molecule is Cc1[nH]c(/C=C2\C(=O)Nc3ccc(F)cc32)c(C)c1CCC(=O)N[C@H](CC(=O)NCCCCC(CO)COP(=O)([O-])O)Cc1csc2ccccc12. The molecular weight excluding hydrogens is 710 g/mol. The maximum Gasteiger partial charge on any atom is 0.265 e. The lowest BCUT2D eigenvalue weighted by Gasteiger charge is -2.20. The summed E-state index contributed by atoms with van der Waals surface area (Å²) in [7, 11) is -4.86. The summed E-state index contributed by atoms with van der Waals surface area (Å²) in [5.74, 6) is -1.66. The molecule has 0 fully saturated rings. The van der Waals surface area contributed by atoms with Gasteiger partial charge in [0, 0.05) is 65.3 Å². The van der Waals surface area contributed by atoms with E-state index in [0.29, 0.717) is 61.2 Å². The molecule has 2 aromatic carbocycles. The highest BCUT2D eigenvalue weighted by Gasteiger charge is 2.26. The first-order valence-corrected chi connectivity index (χ1v) is 19.5. The molecule has 6 N–H and O–H groups in total. The quantitative estimate of drug-likeness (QED) is 0.0469. The van der Waals surface area contributed by atoms with Gasteiger partial charge in [0.2, 0.25) is 11.8 Å². The lowest BCUT2D eigenvalue weighted by atomic mass is 10.0. The van der Waals surface area contributed by atoms with Crippen molar-refractivity contribution in [1.29, 1.82) is 0 Å². The van der Waals surface area contributed by atoms with Crippen LogP contribution in [-0.4, -0.2) is 58.5 Å². The predicted molar refractivity (Wildman–Crippen MR) is 197 cm³/mol. The minimum absolute atomic E-state index is 0.0579. The normalized spacial score (nSPS) is 15.7. The Morgan fingerprint density at radius 2 is 1.94 bits per heavy atom. The average molecular weight is 754 g/mol. The van der Waals surface area contributed by atoms with Crippen molar-refractivity contribution < 1.29 is 42.8 Å². The van der Waals surface area contributed by atoms with Gasteiger partial charge >= 0.3 is 0 Å². The summed E-state index contributed by atoms with van der Waals surface area (Å²) in [6, 6.07) is 11.7. The number of aliphatic hydroxyl groups excluding tert-OH is 1. The van der Waals surface area contributed by atoms with Gasteiger partial charge in [-0.25, -0.2) is 4.39 Å². The summed E-state index contributed by atoms with van der Waals surface area (Å²) >= 11 is 1.60. The van der Waals surface area contributed by atoms with Crippen LogP contribution in [0.5, 0.6) is 0 Å². The van der Waals surface area contributed by atoms with Crippen LogP contribution >= 0.6 is 19.2 Å². The summed E-state index contributed by atoms with van der Waals surface area (Å²) in [5, 5.41) is 21.3. The van der Waals surface area contributed by atoms with Crippen LogP contribution in [0.3, 0.4) is 0 Å². The number of H-pyrrole nitrogens is 1. The molecule has 5 rings (SSSR count). The van der Waals surface area contributed by atoms with Crippen LogP contribution in [0.2, 0.25) is 0 Å². The van der Waals surface area contributed by atoms with Crippen LogP contribution in [0.4, 0.5) is 10.1 Å². The number of phosphoric acid groups is 1. The van der Waals surface area contributed by atoms with E-state index in [9.17, 15) is 33.3 Å². The van der Waals surface area contributed by atoms with E-state index < -0.39 is 25.6 Å². The van der Waals surface area contributed by atoms with Gasteiger partial charge < -0.3 is 40.4 Å². The Morgan fingerprint density at radius 1 is 1.15 bits per heavy atom. The number of benzene rings is 2. The number of aromatic amines is 1. The zero-order chi connectivity index (χ0) is 37.4. The van der Waals surface area contributed by atoms with E-state index in [2.05, 4.69) is 25.5 Å². The number of rotatable bonds is 18. The molecule has 0 saturated carbocycles. The third kappa shape index (κ3) is 10.5. The number of carbonyl (C=O) groups is 3. The number of phosphoric ester groups is 1. The number of thiophene rings is 1. The van der Waals surface area contributed by atoms with Gasteiger partial charge in [0.15, 0.2) is 0 Å². The summed E-state index contributed by atoms with van der Waals surface area (Å²) in [5.41, 5.74) is 5.80. The second-order valence-electron chi connectivity index (χ2n) is 13.1. The molecule has 4 aromatic rings. The van der Waals surface area contributed by atoms with Gasteiger partial charge in [-0.1, -0.05) is 24.6 Å². The first kappa shape index (κ1) is 39.0. The van der Waals surface area contributed by atoms with Gasteiger partial charge in [-0.15, -0.1) is 11.3 Å². The number of fused-ring (bicyclic) bond motifs is 2. The van der Waals surface area contributed by atoms with E-state index in [1.807, 2.05) is 43.5 Å². The van der Waals surface area contributed by atoms with Gasteiger partial charge in [0.05, 0.1) is 12.2 Å². The van der Waals surface area contributed by atoms with Crippen molar-refractivity contribution in [3.05, 3.63) is 87.3 Å². The number of hydrogen-bond acceptors (Lipinski definition) is 8. The highest BCUT2D eigenvalue weighted by atomic mass is 32.1. The number of aromatic nitrogens is 1. The number of amides is 3. The molecule has 52 heavy (non-hydrogen) atoms. The molecule has 12 nitrogen and oxygen atoms in total. The Labute approximate surface area is 305 Å². The van der Waals surface area contributed by atoms with Crippen LogP contribution in [0.1, 0.15) is 65.7 Å². The van der Waals surface area contributed by atoms with E-state index in [-0.39, 0.29) is 43.8 Å². The number of aryl methyl sites for hydroxylation is 1. The zero-order valence-corrected chi connectivity index (χ0v) is 30.7.